The van der Waals surface area contributed by atoms with Gasteiger partial charge >= 0.3 is 0 Å². The van der Waals surface area contributed by atoms with Gasteiger partial charge in [0.25, 0.3) is 5.56 Å². The van der Waals surface area contributed by atoms with Gasteiger partial charge in [-0.25, -0.2) is 9.37 Å². The van der Waals surface area contributed by atoms with Crippen LogP contribution in [0.15, 0.2) is 53.5 Å². The first-order chi connectivity index (χ1) is 17.0. The summed E-state index contributed by atoms with van der Waals surface area (Å²) in [7, 11) is 3.67. The summed E-state index contributed by atoms with van der Waals surface area (Å²) in [6.07, 6.45) is 1.56. The van der Waals surface area contributed by atoms with Gasteiger partial charge in [-0.2, -0.15) is 9.97 Å². The number of halogens is 1. The molecule has 3 aromatic heterocycles. The molecule has 4 aromatic rings. The van der Waals surface area contributed by atoms with E-state index in [4.69, 9.17) is 4.74 Å². The van der Waals surface area contributed by atoms with E-state index in [0.717, 1.165) is 32.0 Å². The highest BCUT2D eigenvalue weighted by atomic mass is 19.1. The molecule has 1 aliphatic rings. The minimum atomic E-state index is -0.485. The van der Waals surface area contributed by atoms with Crippen molar-refractivity contribution in [2.75, 3.05) is 55.9 Å². The van der Waals surface area contributed by atoms with E-state index in [1.807, 2.05) is 12.1 Å². The third kappa shape index (κ3) is 4.85. The smallest absolute Gasteiger partial charge is 0.272 e. The van der Waals surface area contributed by atoms with Crippen LogP contribution in [0.2, 0.25) is 0 Å². The van der Waals surface area contributed by atoms with Crippen LogP contribution in [0.5, 0.6) is 5.88 Å². The Morgan fingerprint density at radius 1 is 1.03 bits per heavy atom. The van der Waals surface area contributed by atoms with Gasteiger partial charge in [0.05, 0.1) is 12.6 Å². The molecule has 0 atom stereocenters. The zero-order valence-electron chi connectivity index (χ0n) is 19.4. The number of rotatable bonds is 6. The van der Waals surface area contributed by atoms with Crippen LogP contribution in [-0.2, 0) is 0 Å². The number of pyridine rings is 2. The molecule has 35 heavy (non-hydrogen) atoms. The standard InChI is InChI=1S/C24H25FN8O2/c1-32-10-12-33(13-11-32)20-7-6-17(23(30-20)35-2)28-24-26-9-8-19(29-24)27-18-14-15-4-3-5-16(25)21(15)31-22(18)34/h3-9,14H,10-13H2,1-2H3,(H,31,34)(H2,26,27,28,29). The van der Waals surface area contributed by atoms with Crippen LogP contribution in [0.4, 0.5) is 33.3 Å². The maximum atomic E-state index is 14.0. The highest BCUT2D eigenvalue weighted by Crippen LogP contribution is 2.28. The third-order valence-corrected chi connectivity index (χ3v) is 5.86. The molecule has 10 nitrogen and oxygen atoms in total. The lowest BCUT2D eigenvalue weighted by atomic mass is 10.2. The first-order valence-corrected chi connectivity index (χ1v) is 11.2. The summed E-state index contributed by atoms with van der Waals surface area (Å²) in [6, 6.07) is 11.6. The van der Waals surface area contributed by atoms with Crippen LogP contribution in [0.3, 0.4) is 0 Å². The number of para-hydroxylation sites is 1. The van der Waals surface area contributed by atoms with Gasteiger partial charge in [-0.15, -0.1) is 0 Å². The highest BCUT2D eigenvalue weighted by Gasteiger charge is 2.17. The number of aromatic amines is 1. The van der Waals surface area contributed by atoms with E-state index >= 15 is 0 Å². The molecular formula is C24H25FN8O2. The van der Waals surface area contributed by atoms with Gasteiger partial charge < -0.3 is 30.2 Å². The Kier molecular flexibility index (Phi) is 6.15. The number of aromatic nitrogens is 4. The van der Waals surface area contributed by atoms with Crippen LogP contribution in [-0.4, -0.2) is 65.2 Å². The fourth-order valence-corrected chi connectivity index (χ4v) is 3.93. The molecule has 180 valence electrons. The average molecular weight is 477 g/mol. The Hall–Kier alpha value is -4.25. The normalized spacial score (nSPS) is 14.2. The minimum absolute atomic E-state index is 0.160. The molecule has 0 spiro atoms. The van der Waals surface area contributed by atoms with Gasteiger partial charge in [0, 0.05) is 37.8 Å². The van der Waals surface area contributed by atoms with E-state index < -0.39 is 11.4 Å². The summed E-state index contributed by atoms with van der Waals surface area (Å²) in [4.78, 5) is 32.9. The largest absolute Gasteiger partial charge is 0.479 e. The first kappa shape index (κ1) is 22.5. The molecule has 0 radical (unpaired) electrons. The molecule has 1 fully saturated rings. The van der Waals surface area contributed by atoms with Crippen LogP contribution < -0.4 is 25.8 Å². The van der Waals surface area contributed by atoms with Gasteiger partial charge in [-0.3, -0.25) is 4.79 Å². The molecule has 5 rings (SSSR count). The molecule has 3 N–H and O–H groups in total. The monoisotopic (exact) mass is 476 g/mol. The maximum Gasteiger partial charge on any atom is 0.272 e. The molecule has 4 heterocycles. The second-order valence-electron chi connectivity index (χ2n) is 8.25. The summed E-state index contributed by atoms with van der Waals surface area (Å²) >= 11 is 0. The number of hydrogen-bond donors (Lipinski definition) is 3. The van der Waals surface area contributed by atoms with E-state index in [2.05, 4.69) is 47.4 Å². The SMILES string of the molecule is COc1nc(N2CCN(C)CC2)ccc1Nc1nccc(Nc2cc3cccc(F)c3[nH]c2=O)n1. The zero-order chi connectivity index (χ0) is 24.4. The van der Waals surface area contributed by atoms with E-state index in [1.165, 1.54) is 6.07 Å². The lowest BCUT2D eigenvalue weighted by Gasteiger charge is -2.33. The van der Waals surface area contributed by atoms with Crippen LogP contribution in [0.1, 0.15) is 0 Å². The molecule has 0 unspecified atom stereocenters. The van der Waals surface area contributed by atoms with Crippen molar-refractivity contribution in [1.29, 1.82) is 0 Å². The lowest BCUT2D eigenvalue weighted by molar-refractivity contribution is 0.311. The van der Waals surface area contributed by atoms with Crippen LogP contribution >= 0.6 is 0 Å². The van der Waals surface area contributed by atoms with Gasteiger partial charge in [0.1, 0.15) is 28.8 Å². The Morgan fingerprint density at radius 3 is 2.66 bits per heavy atom. The van der Waals surface area contributed by atoms with E-state index in [9.17, 15) is 9.18 Å². The molecule has 0 saturated carbocycles. The minimum Gasteiger partial charge on any atom is -0.479 e. The molecule has 0 aliphatic carbocycles. The molecule has 0 amide bonds. The van der Waals surface area contributed by atoms with Crippen molar-refractivity contribution < 1.29 is 9.13 Å². The predicted octanol–water partition coefficient (Wildman–Crippen LogP) is 3.10. The van der Waals surface area contributed by atoms with Crippen molar-refractivity contribution in [3.63, 3.8) is 0 Å². The van der Waals surface area contributed by atoms with Crippen molar-refractivity contribution in [3.05, 3.63) is 64.8 Å². The summed E-state index contributed by atoms with van der Waals surface area (Å²) in [5.41, 5.74) is 0.555. The summed E-state index contributed by atoms with van der Waals surface area (Å²) in [5.74, 6) is 1.48. The summed E-state index contributed by atoms with van der Waals surface area (Å²) < 4.78 is 19.5. The first-order valence-electron chi connectivity index (χ1n) is 11.2. The van der Waals surface area contributed by atoms with E-state index in [1.54, 1.807) is 37.6 Å². The Bertz CT molecular complexity index is 1420. The number of benzene rings is 1. The number of likely N-dealkylation sites (N-methyl/N-ethyl adjacent to an activating group) is 1. The zero-order valence-corrected chi connectivity index (χ0v) is 19.4. The van der Waals surface area contributed by atoms with Crippen molar-refractivity contribution >= 4 is 39.9 Å². The van der Waals surface area contributed by atoms with Crippen molar-refractivity contribution in [3.8, 4) is 5.88 Å². The summed E-state index contributed by atoms with van der Waals surface area (Å²) in [6.45, 7) is 3.76. The van der Waals surface area contributed by atoms with Crippen molar-refractivity contribution in [1.82, 2.24) is 24.8 Å². The number of nitrogens with one attached hydrogen (secondary N) is 3. The highest BCUT2D eigenvalue weighted by molar-refractivity contribution is 5.82. The fourth-order valence-electron chi connectivity index (χ4n) is 3.93. The number of hydrogen-bond acceptors (Lipinski definition) is 9. The quantitative estimate of drug-likeness (QED) is 0.387. The second kappa shape index (κ2) is 9.55. The summed E-state index contributed by atoms with van der Waals surface area (Å²) in [5, 5.41) is 6.67. The number of fused-ring (bicyclic) bond motifs is 1. The molecule has 0 bridgehead atoms. The third-order valence-electron chi connectivity index (χ3n) is 5.86. The molecule has 11 heteroatoms. The fraction of sp³-hybridized carbons (Fsp3) is 0.250. The number of ether oxygens (including phenoxy) is 1. The Labute approximate surface area is 200 Å². The number of methoxy groups -OCH3 is 1. The lowest BCUT2D eigenvalue weighted by Crippen LogP contribution is -2.44. The van der Waals surface area contributed by atoms with Crippen LogP contribution in [0, 0.1) is 5.82 Å². The van der Waals surface area contributed by atoms with Gasteiger partial charge in [0.15, 0.2) is 0 Å². The average Bonchev–Trinajstić information content (AvgIpc) is 2.86. The van der Waals surface area contributed by atoms with E-state index in [0.29, 0.717) is 28.7 Å². The maximum absolute atomic E-state index is 14.0. The second-order valence-corrected chi connectivity index (χ2v) is 8.25. The number of nitrogens with zero attached hydrogens (tertiary/aromatic N) is 5. The Balaban J connectivity index is 1.35. The topological polar surface area (TPSA) is 111 Å². The van der Waals surface area contributed by atoms with E-state index in [-0.39, 0.29) is 11.2 Å². The van der Waals surface area contributed by atoms with Crippen molar-refractivity contribution in [2.24, 2.45) is 0 Å². The van der Waals surface area contributed by atoms with Gasteiger partial charge in [0.2, 0.25) is 11.8 Å². The van der Waals surface area contributed by atoms with Gasteiger partial charge in [-0.1, -0.05) is 12.1 Å². The van der Waals surface area contributed by atoms with Crippen molar-refractivity contribution in [2.45, 2.75) is 0 Å². The molecule has 1 aliphatic heterocycles. The van der Waals surface area contributed by atoms with Gasteiger partial charge in [-0.05, 0) is 37.4 Å². The van der Waals surface area contributed by atoms with Crippen LogP contribution in [0.25, 0.3) is 10.9 Å². The number of piperazine rings is 1. The molecular weight excluding hydrogens is 451 g/mol. The molecule has 1 aromatic carbocycles. The number of anilines is 5. The molecule has 1 saturated heterocycles. The predicted molar refractivity (Wildman–Crippen MR) is 134 cm³/mol. The number of H-pyrrole nitrogens is 1. The Morgan fingerprint density at radius 2 is 1.86 bits per heavy atom.